The Morgan fingerprint density at radius 1 is 0.744 bits per heavy atom. The predicted molar refractivity (Wildman–Crippen MR) is 139 cm³/mol. The molecule has 4 atom stereocenters. The molecule has 0 N–H and O–H groups in total. The van der Waals surface area contributed by atoms with Crippen LogP contribution in [0.1, 0.15) is 31.9 Å². The Hall–Kier alpha value is -4.07. The van der Waals surface area contributed by atoms with E-state index in [4.69, 9.17) is 4.74 Å². The number of hydrogen-bond acceptors (Lipinski definition) is 6. The van der Waals surface area contributed by atoms with Gasteiger partial charge in [-0.2, -0.15) is 0 Å². The first-order chi connectivity index (χ1) is 18.7. The SMILES string of the molecule is CCOC(=O)C1=C(C)C2C3C(=O)N(Cc4ccccc4)C(=O)C3C1(C)C1C(=O)N(Cc3ccccc3)C(=O)C21. The first kappa shape index (κ1) is 25.2. The van der Waals surface area contributed by atoms with Crippen molar-refractivity contribution in [2.24, 2.45) is 35.0 Å². The molecular formula is C31H30N2O6. The summed E-state index contributed by atoms with van der Waals surface area (Å²) in [5.41, 5.74) is 1.07. The maximum absolute atomic E-state index is 14.1. The number of likely N-dealkylation sites (tertiary alicyclic amines) is 2. The quantitative estimate of drug-likeness (QED) is 0.424. The average Bonchev–Trinajstić information content (AvgIpc) is 3.32. The van der Waals surface area contributed by atoms with Gasteiger partial charge >= 0.3 is 5.97 Å². The maximum Gasteiger partial charge on any atom is 0.334 e. The van der Waals surface area contributed by atoms with E-state index in [2.05, 4.69) is 0 Å². The molecule has 7 rings (SSSR count). The van der Waals surface area contributed by atoms with Gasteiger partial charge in [0.05, 0.1) is 43.4 Å². The largest absolute Gasteiger partial charge is 0.463 e. The molecule has 0 aromatic heterocycles. The maximum atomic E-state index is 14.1. The van der Waals surface area contributed by atoms with Crippen molar-refractivity contribution in [3.63, 3.8) is 0 Å². The normalized spacial score (nSPS) is 31.2. The summed E-state index contributed by atoms with van der Waals surface area (Å²) in [6, 6.07) is 18.4. The van der Waals surface area contributed by atoms with Gasteiger partial charge < -0.3 is 4.74 Å². The van der Waals surface area contributed by atoms with Crippen molar-refractivity contribution in [1.29, 1.82) is 0 Å². The molecule has 5 aliphatic rings. The molecule has 2 bridgehead atoms. The second kappa shape index (κ2) is 9.00. The van der Waals surface area contributed by atoms with E-state index < -0.39 is 52.8 Å². The molecule has 8 heteroatoms. The molecule has 4 unspecified atom stereocenters. The molecule has 2 aromatic rings. The van der Waals surface area contributed by atoms with Gasteiger partial charge in [-0.1, -0.05) is 73.2 Å². The summed E-state index contributed by atoms with van der Waals surface area (Å²) in [7, 11) is 0. The Kier molecular flexibility index (Phi) is 5.82. The monoisotopic (exact) mass is 526 g/mol. The van der Waals surface area contributed by atoms with Crippen LogP contribution < -0.4 is 0 Å². The van der Waals surface area contributed by atoms with Crippen molar-refractivity contribution in [3.8, 4) is 0 Å². The van der Waals surface area contributed by atoms with Gasteiger partial charge in [-0.15, -0.1) is 0 Å². The zero-order valence-corrected chi connectivity index (χ0v) is 22.1. The average molecular weight is 527 g/mol. The number of ether oxygens (including phenoxy) is 1. The third-order valence-electron chi connectivity index (χ3n) is 9.23. The van der Waals surface area contributed by atoms with Gasteiger partial charge in [0.25, 0.3) is 0 Å². The van der Waals surface area contributed by atoms with Crippen LogP contribution >= 0.6 is 0 Å². The summed E-state index contributed by atoms with van der Waals surface area (Å²) in [5, 5.41) is 0. The van der Waals surface area contributed by atoms with Crippen LogP contribution in [0.5, 0.6) is 0 Å². The first-order valence-electron chi connectivity index (χ1n) is 13.4. The molecule has 2 aromatic carbocycles. The highest BCUT2D eigenvalue weighted by Gasteiger charge is 2.76. The minimum atomic E-state index is -1.36. The van der Waals surface area contributed by atoms with Crippen molar-refractivity contribution in [2.75, 3.05) is 6.61 Å². The van der Waals surface area contributed by atoms with Crippen molar-refractivity contribution in [1.82, 2.24) is 9.80 Å². The lowest BCUT2D eigenvalue weighted by molar-refractivity contribution is -0.155. The molecule has 200 valence electrons. The van der Waals surface area contributed by atoms with E-state index in [0.717, 1.165) is 11.1 Å². The second-order valence-electron chi connectivity index (χ2n) is 11.1. The minimum absolute atomic E-state index is 0.0967. The summed E-state index contributed by atoms with van der Waals surface area (Å²) in [5.74, 6) is -6.36. The van der Waals surface area contributed by atoms with E-state index in [1.807, 2.05) is 60.7 Å². The Morgan fingerprint density at radius 3 is 1.59 bits per heavy atom. The van der Waals surface area contributed by atoms with Crippen LogP contribution in [0, 0.1) is 35.0 Å². The van der Waals surface area contributed by atoms with Crippen LogP contribution in [0.2, 0.25) is 0 Å². The summed E-state index contributed by atoms with van der Waals surface area (Å²) in [4.78, 5) is 71.9. The smallest absolute Gasteiger partial charge is 0.334 e. The topological polar surface area (TPSA) is 101 Å². The number of amides is 4. The highest BCUT2D eigenvalue weighted by molar-refractivity contribution is 6.13. The number of carbonyl (C=O) groups excluding carboxylic acids is 5. The first-order valence-corrected chi connectivity index (χ1v) is 13.4. The molecule has 8 nitrogen and oxygen atoms in total. The van der Waals surface area contributed by atoms with Gasteiger partial charge in [0.1, 0.15) is 0 Å². The molecule has 4 amide bonds. The summed E-state index contributed by atoms with van der Waals surface area (Å²) in [6.07, 6.45) is 0. The van der Waals surface area contributed by atoms with Crippen LogP contribution in [0.3, 0.4) is 0 Å². The fourth-order valence-electron chi connectivity index (χ4n) is 7.77. The summed E-state index contributed by atoms with van der Waals surface area (Å²) < 4.78 is 5.42. The number of carbonyl (C=O) groups is 5. The van der Waals surface area contributed by atoms with Gasteiger partial charge in [-0.3, -0.25) is 29.0 Å². The molecule has 39 heavy (non-hydrogen) atoms. The lowest BCUT2D eigenvalue weighted by Gasteiger charge is -2.55. The van der Waals surface area contributed by atoms with E-state index in [9.17, 15) is 24.0 Å². The Bertz CT molecular complexity index is 1350. The number of rotatable bonds is 6. The van der Waals surface area contributed by atoms with Crippen LogP contribution in [-0.2, 0) is 41.8 Å². The third kappa shape index (κ3) is 3.40. The van der Waals surface area contributed by atoms with Gasteiger partial charge in [-0.25, -0.2) is 4.79 Å². The molecule has 2 saturated heterocycles. The zero-order chi connectivity index (χ0) is 27.6. The molecule has 2 heterocycles. The zero-order valence-electron chi connectivity index (χ0n) is 22.1. The fourth-order valence-corrected chi connectivity index (χ4v) is 7.77. The number of hydrogen-bond donors (Lipinski definition) is 0. The number of esters is 1. The standard InChI is InChI=1S/C31H30N2O6/c1-4-39-30(38)23-17(2)20-21-24(28(36)32(26(21)34)15-18-11-7-5-8-12-18)31(23,3)25-22(20)27(35)33(29(25)37)16-19-13-9-6-10-14-19/h5-14,20-22,24-25H,4,15-16H2,1-3H3. The van der Waals surface area contributed by atoms with E-state index in [1.165, 1.54) is 9.80 Å². The van der Waals surface area contributed by atoms with Gasteiger partial charge in [0.2, 0.25) is 23.6 Å². The minimum Gasteiger partial charge on any atom is -0.463 e. The van der Waals surface area contributed by atoms with Crippen molar-refractivity contribution in [3.05, 3.63) is 82.9 Å². The fraction of sp³-hybridized carbons (Fsp3) is 0.387. The molecule has 3 aliphatic carbocycles. The number of allylic oxidation sites excluding steroid dienone is 1. The molecule has 0 spiro atoms. The van der Waals surface area contributed by atoms with Crippen LogP contribution in [0.15, 0.2) is 71.8 Å². The van der Waals surface area contributed by atoms with Crippen LogP contribution in [0.25, 0.3) is 0 Å². The predicted octanol–water partition coefficient (Wildman–Crippen LogP) is 3.12. The summed E-state index contributed by atoms with van der Waals surface area (Å²) in [6.45, 7) is 5.47. The highest BCUT2D eigenvalue weighted by Crippen LogP contribution is 2.68. The third-order valence-corrected chi connectivity index (χ3v) is 9.23. The molecule has 3 fully saturated rings. The van der Waals surface area contributed by atoms with Gasteiger partial charge in [-0.05, 0) is 25.0 Å². The number of benzene rings is 2. The Labute approximate surface area is 226 Å². The second-order valence-corrected chi connectivity index (χ2v) is 11.1. The Morgan fingerprint density at radius 2 is 1.18 bits per heavy atom. The van der Waals surface area contributed by atoms with E-state index >= 15 is 0 Å². The molecule has 1 saturated carbocycles. The lowest BCUT2D eigenvalue weighted by Crippen LogP contribution is -2.61. The van der Waals surface area contributed by atoms with E-state index in [1.54, 1.807) is 20.8 Å². The van der Waals surface area contributed by atoms with E-state index in [0.29, 0.717) is 5.57 Å². The van der Waals surface area contributed by atoms with Crippen molar-refractivity contribution >= 4 is 29.6 Å². The van der Waals surface area contributed by atoms with Gasteiger partial charge in [0, 0.05) is 16.9 Å². The van der Waals surface area contributed by atoms with E-state index in [-0.39, 0.29) is 37.1 Å². The molecule has 0 radical (unpaired) electrons. The molecular weight excluding hydrogens is 496 g/mol. The van der Waals surface area contributed by atoms with Crippen molar-refractivity contribution in [2.45, 2.75) is 33.9 Å². The number of nitrogens with zero attached hydrogens (tertiary/aromatic N) is 2. The van der Waals surface area contributed by atoms with Crippen LogP contribution in [0.4, 0.5) is 0 Å². The van der Waals surface area contributed by atoms with Gasteiger partial charge in [0.15, 0.2) is 0 Å². The summed E-state index contributed by atoms with van der Waals surface area (Å²) >= 11 is 0. The van der Waals surface area contributed by atoms with Crippen molar-refractivity contribution < 1.29 is 28.7 Å². The van der Waals surface area contributed by atoms with Crippen LogP contribution in [-0.4, -0.2) is 46.0 Å². The Balaban J connectivity index is 1.47. The number of imide groups is 2. The highest BCUT2D eigenvalue weighted by atomic mass is 16.5. The molecule has 2 aliphatic heterocycles. The lowest BCUT2D eigenvalue weighted by atomic mass is 9.43.